The molecule has 1 atom stereocenters. The van der Waals surface area contributed by atoms with Crippen LogP contribution >= 0.6 is 11.6 Å². The zero-order chi connectivity index (χ0) is 16.9. The van der Waals surface area contributed by atoms with Gasteiger partial charge in [0.05, 0.1) is 0 Å². The Balaban J connectivity index is 1.60. The maximum atomic E-state index is 12.6. The Morgan fingerprint density at radius 2 is 2.08 bits per heavy atom. The van der Waals surface area contributed by atoms with E-state index in [2.05, 4.69) is 15.3 Å². The Hall–Kier alpha value is -2.21. The average Bonchev–Trinajstić information content (AvgIpc) is 3.11. The number of halogens is 1. The second-order valence-corrected chi connectivity index (χ2v) is 6.25. The van der Waals surface area contributed by atoms with Gasteiger partial charge in [-0.2, -0.15) is 0 Å². The first-order valence-corrected chi connectivity index (χ1v) is 8.37. The zero-order valence-corrected chi connectivity index (χ0v) is 14.0. The van der Waals surface area contributed by atoms with E-state index in [1.54, 1.807) is 23.2 Å². The fourth-order valence-electron chi connectivity index (χ4n) is 2.91. The molecule has 24 heavy (non-hydrogen) atoms. The van der Waals surface area contributed by atoms with Crippen LogP contribution in [0.1, 0.15) is 24.8 Å². The molecule has 1 unspecified atom stereocenters. The molecule has 2 amide bonds. The molecule has 0 bridgehead atoms. The van der Waals surface area contributed by atoms with Crippen LogP contribution in [0.4, 0.5) is 0 Å². The molecule has 1 fully saturated rings. The monoisotopic (exact) mass is 346 g/mol. The third kappa shape index (κ3) is 3.82. The molecule has 2 aliphatic rings. The van der Waals surface area contributed by atoms with Crippen LogP contribution in [0.5, 0.6) is 0 Å². The van der Waals surface area contributed by atoms with Gasteiger partial charge >= 0.3 is 0 Å². The van der Waals surface area contributed by atoms with E-state index in [9.17, 15) is 9.59 Å². The summed E-state index contributed by atoms with van der Waals surface area (Å²) in [5.41, 5.74) is 1.46. The third-order valence-electron chi connectivity index (χ3n) is 4.20. The van der Waals surface area contributed by atoms with Crippen molar-refractivity contribution in [1.29, 1.82) is 0 Å². The molecule has 126 valence electrons. The summed E-state index contributed by atoms with van der Waals surface area (Å²) >= 11 is 5.85. The summed E-state index contributed by atoms with van der Waals surface area (Å²) in [6.07, 6.45) is 3.64. The van der Waals surface area contributed by atoms with Crippen molar-refractivity contribution in [3.63, 3.8) is 0 Å². The van der Waals surface area contributed by atoms with Crippen molar-refractivity contribution in [2.45, 2.75) is 31.8 Å². The molecular weight excluding hydrogens is 328 g/mol. The summed E-state index contributed by atoms with van der Waals surface area (Å²) in [5.74, 6) is -0.272. The van der Waals surface area contributed by atoms with Gasteiger partial charge in [-0.1, -0.05) is 23.7 Å². The SMILES string of the molecule is O=C(NCc1ccc(Cl)cc1)C1CCCN1C(=O)C1=NCN=CC1. The molecule has 1 saturated heterocycles. The highest BCUT2D eigenvalue weighted by Gasteiger charge is 2.35. The first kappa shape index (κ1) is 16.6. The van der Waals surface area contributed by atoms with Crippen molar-refractivity contribution in [1.82, 2.24) is 10.2 Å². The summed E-state index contributed by atoms with van der Waals surface area (Å²) in [7, 11) is 0. The molecule has 0 saturated carbocycles. The highest BCUT2D eigenvalue weighted by Crippen LogP contribution is 2.19. The van der Waals surface area contributed by atoms with E-state index in [1.807, 2.05) is 12.1 Å². The van der Waals surface area contributed by atoms with E-state index in [4.69, 9.17) is 11.6 Å². The van der Waals surface area contributed by atoms with Crippen LogP contribution in [0.3, 0.4) is 0 Å². The summed E-state index contributed by atoms with van der Waals surface area (Å²) in [4.78, 5) is 34.8. The Kier molecular flexibility index (Phi) is 5.25. The van der Waals surface area contributed by atoms with E-state index < -0.39 is 6.04 Å². The van der Waals surface area contributed by atoms with Gasteiger partial charge in [-0.25, -0.2) is 0 Å². The summed E-state index contributed by atoms with van der Waals surface area (Å²) in [5, 5.41) is 3.57. The standard InChI is InChI=1S/C17H19ClN4O2/c18-13-5-3-12(4-6-13)10-20-16(23)15-2-1-9-22(15)17(24)14-7-8-19-11-21-14/h3-6,8,15H,1-2,7,9-11H2,(H,20,23). The molecule has 1 aromatic rings. The molecule has 6 nitrogen and oxygen atoms in total. The number of hydrogen-bond acceptors (Lipinski definition) is 4. The van der Waals surface area contributed by atoms with Gasteiger partial charge in [0.1, 0.15) is 18.4 Å². The molecule has 0 spiro atoms. The van der Waals surface area contributed by atoms with E-state index in [1.165, 1.54) is 0 Å². The summed E-state index contributed by atoms with van der Waals surface area (Å²) in [6.45, 7) is 1.30. The topological polar surface area (TPSA) is 74.1 Å². The minimum absolute atomic E-state index is 0.124. The average molecular weight is 347 g/mol. The van der Waals surface area contributed by atoms with Crippen molar-refractivity contribution in [3.05, 3.63) is 34.9 Å². The van der Waals surface area contributed by atoms with Gasteiger partial charge < -0.3 is 10.2 Å². The van der Waals surface area contributed by atoms with Crippen LogP contribution in [0, 0.1) is 0 Å². The number of carbonyl (C=O) groups excluding carboxylic acids is 2. The summed E-state index contributed by atoms with van der Waals surface area (Å²) in [6, 6.07) is 6.90. The lowest BCUT2D eigenvalue weighted by Crippen LogP contribution is -2.48. The van der Waals surface area contributed by atoms with Crippen LogP contribution < -0.4 is 5.32 Å². The van der Waals surface area contributed by atoms with Crippen molar-refractivity contribution in [2.75, 3.05) is 13.2 Å². The van der Waals surface area contributed by atoms with Gasteiger partial charge in [0.15, 0.2) is 0 Å². The maximum Gasteiger partial charge on any atom is 0.268 e. The van der Waals surface area contributed by atoms with Crippen molar-refractivity contribution >= 4 is 35.3 Å². The van der Waals surface area contributed by atoms with E-state index >= 15 is 0 Å². The van der Waals surface area contributed by atoms with E-state index in [0.717, 1.165) is 12.0 Å². The number of nitrogens with zero attached hydrogens (tertiary/aromatic N) is 3. The van der Waals surface area contributed by atoms with Gasteiger partial charge in [0, 0.05) is 30.7 Å². The molecule has 1 aromatic carbocycles. The quantitative estimate of drug-likeness (QED) is 0.903. The Morgan fingerprint density at radius 3 is 2.79 bits per heavy atom. The molecule has 0 radical (unpaired) electrons. The van der Waals surface area contributed by atoms with Gasteiger partial charge in [-0.05, 0) is 30.5 Å². The molecule has 3 rings (SSSR count). The van der Waals surface area contributed by atoms with Crippen LogP contribution in [-0.4, -0.2) is 47.9 Å². The zero-order valence-electron chi connectivity index (χ0n) is 13.2. The minimum Gasteiger partial charge on any atom is -0.350 e. The van der Waals surface area contributed by atoms with Gasteiger partial charge in [0.25, 0.3) is 5.91 Å². The molecular formula is C17H19ClN4O2. The number of carbonyl (C=O) groups is 2. The van der Waals surface area contributed by atoms with Crippen LogP contribution in [0.25, 0.3) is 0 Å². The van der Waals surface area contributed by atoms with E-state index in [-0.39, 0.29) is 11.8 Å². The highest BCUT2D eigenvalue weighted by molar-refractivity contribution is 6.41. The van der Waals surface area contributed by atoms with Crippen LogP contribution in [0.2, 0.25) is 5.02 Å². The lowest BCUT2D eigenvalue weighted by atomic mass is 10.1. The second-order valence-electron chi connectivity index (χ2n) is 5.82. The van der Waals surface area contributed by atoms with Crippen molar-refractivity contribution in [3.8, 4) is 0 Å². The third-order valence-corrected chi connectivity index (χ3v) is 4.45. The smallest absolute Gasteiger partial charge is 0.268 e. The first-order valence-electron chi connectivity index (χ1n) is 8.00. The first-order chi connectivity index (χ1) is 11.6. The molecule has 1 N–H and O–H groups in total. The minimum atomic E-state index is -0.425. The lowest BCUT2D eigenvalue weighted by molar-refractivity contribution is -0.134. The van der Waals surface area contributed by atoms with Crippen molar-refractivity contribution in [2.24, 2.45) is 9.98 Å². The Morgan fingerprint density at radius 1 is 1.29 bits per heavy atom. The molecule has 7 heteroatoms. The number of amides is 2. The van der Waals surface area contributed by atoms with Crippen LogP contribution in [-0.2, 0) is 16.1 Å². The maximum absolute atomic E-state index is 12.6. The van der Waals surface area contributed by atoms with Crippen LogP contribution in [0.15, 0.2) is 34.3 Å². The number of nitrogens with one attached hydrogen (secondary N) is 1. The number of hydrogen-bond donors (Lipinski definition) is 1. The fourth-order valence-corrected chi connectivity index (χ4v) is 3.04. The fraction of sp³-hybridized carbons (Fsp3) is 0.412. The number of rotatable bonds is 4. The predicted molar refractivity (Wildman–Crippen MR) is 93.4 cm³/mol. The lowest BCUT2D eigenvalue weighted by Gasteiger charge is -2.24. The van der Waals surface area contributed by atoms with Gasteiger partial charge in [0.2, 0.25) is 5.91 Å². The predicted octanol–water partition coefficient (Wildman–Crippen LogP) is 1.82. The molecule has 0 aromatic heterocycles. The Labute approximate surface area is 145 Å². The van der Waals surface area contributed by atoms with Crippen molar-refractivity contribution < 1.29 is 9.59 Å². The van der Waals surface area contributed by atoms with Gasteiger partial charge in [-0.15, -0.1) is 0 Å². The normalized spacial score (nSPS) is 20.0. The van der Waals surface area contributed by atoms with E-state index in [0.29, 0.717) is 43.3 Å². The highest BCUT2D eigenvalue weighted by atomic mass is 35.5. The number of aliphatic imine (C=N–C) groups is 2. The number of likely N-dealkylation sites (tertiary alicyclic amines) is 1. The molecule has 0 aliphatic carbocycles. The molecule has 2 heterocycles. The summed E-state index contributed by atoms with van der Waals surface area (Å²) < 4.78 is 0. The second kappa shape index (κ2) is 7.57. The number of benzene rings is 1. The largest absolute Gasteiger partial charge is 0.350 e. The van der Waals surface area contributed by atoms with Gasteiger partial charge in [-0.3, -0.25) is 19.6 Å². The molecule has 2 aliphatic heterocycles. The Bertz CT molecular complexity index is 684.